The van der Waals surface area contributed by atoms with Crippen LogP contribution in [0.1, 0.15) is 31.4 Å². The van der Waals surface area contributed by atoms with Crippen LogP contribution in [-0.2, 0) is 17.0 Å². The number of benzene rings is 2. The summed E-state index contributed by atoms with van der Waals surface area (Å²) >= 11 is 1.74. The van der Waals surface area contributed by atoms with Crippen molar-refractivity contribution in [3.05, 3.63) is 53.6 Å². The molecule has 138 valence electrons. The molecule has 1 atom stereocenters. The first kappa shape index (κ1) is 18.6. The van der Waals surface area contributed by atoms with E-state index in [1.54, 1.807) is 11.8 Å². The molecule has 26 heavy (non-hydrogen) atoms. The van der Waals surface area contributed by atoms with Crippen molar-refractivity contribution in [2.45, 2.75) is 38.5 Å². The minimum absolute atomic E-state index is 0.0415. The summed E-state index contributed by atoms with van der Waals surface area (Å²) in [6.45, 7) is 4.73. The van der Waals surface area contributed by atoms with Gasteiger partial charge in [0, 0.05) is 41.2 Å². The van der Waals surface area contributed by atoms with Crippen LogP contribution in [0.2, 0.25) is 0 Å². The number of fused-ring (bicyclic) bond motifs is 1. The van der Waals surface area contributed by atoms with Gasteiger partial charge in [-0.15, -0.1) is 0 Å². The highest BCUT2D eigenvalue weighted by Crippen LogP contribution is 2.36. The van der Waals surface area contributed by atoms with Gasteiger partial charge in [-0.2, -0.15) is 11.8 Å². The smallest absolute Gasteiger partial charge is 0.225 e. The van der Waals surface area contributed by atoms with Gasteiger partial charge < -0.3 is 14.8 Å². The Morgan fingerprint density at radius 2 is 2.12 bits per heavy atom. The van der Waals surface area contributed by atoms with Gasteiger partial charge in [-0.25, -0.2) is 0 Å². The third-order valence-corrected chi connectivity index (χ3v) is 5.18. The summed E-state index contributed by atoms with van der Waals surface area (Å²) in [4.78, 5) is 12.0. The predicted octanol–water partition coefficient (Wildman–Crippen LogP) is 4.67. The van der Waals surface area contributed by atoms with E-state index in [2.05, 4.69) is 24.4 Å². The summed E-state index contributed by atoms with van der Waals surface area (Å²) in [5.41, 5.74) is 3.19. The number of hydrogen-bond acceptors (Lipinski definition) is 4. The first-order chi connectivity index (χ1) is 12.7. The molecule has 1 aliphatic rings. The van der Waals surface area contributed by atoms with Crippen molar-refractivity contribution in [2.24, 2.45) is 0 Å². The molecule has 0 spiro atoms. The highest BCUT2D eigenvalue weighted by Gasteiger charge is 2.21. The van der Waals surface area contributed by atoms with Gasteiger partial charge >= 0.3 is 0 Å². The number of carbonyl (C=O) groups excluding carboxylic acids is 1. The molecular weight excluding hydrogens is 346 g/mol. The van der Waals surface area contributed by atoms with Crippen LogP contribution < -0.4 is 14.8 Å². The van der Waals surface area contributed by atoms with Crippen LogP contribution in [0.3, 0.4) is 0 Å². The van der Waals surface area contributed by atoms with Crippen molar-refractivity contribution in [1.82, 2.24) is 0 Å². The molecule has 0 aromatic heterocycles. The second kappa shape index (κ2) is 8.99. The molecule has 1 amide bonds. The van der Waals surface area contributed by atoms with Crippen LogP contribution in [-0.4, -0.2) is 24.4 Å². The molecule has 3 rings (SSSR count). The zero-order chi connectivity index (χ0) is 18.4. The second-order valence-electron chi connectivity index (χ2n) is 6.35. The van der Waals surface area contributed by atoms with Gasteiger partial charge in [-0.3, -0.25) is 4.79 Å². The molecule has 0 radical (unpaired) electrons. The van der Waals surface area contributed by atoms with Crippen molar-refractivity contribution >= 4 is 23.4 Å². The van der Waals surface area contributed by atoms with E-state index in [4.69, 9.17) is 9.47 Å². The monoisotopic (exact) mass is 371 g/mol. The van der Waals surface area contributed by atoms with Crippen molar-refractivity contribution in [2.75, 3.05) is 17.7 Å². The first-order valence-corrected chi connectivity index (χ1v) is 10.2. The molecule has 0 saturated carbocycles. The van der Waals surface area contributed by atoms with Crippen molar-refractivity contribution < 1.29 is 14.3 Å². The molecule has 0 aliphatic carbocycles. The zero-order valence-electron chi connectivity index (χ0n) is 15.3. The van der Waals surface area contributed by atoms with Gasteiger partial charge in [-0.1, -0.05) is 18.2 Å². The Morgan fingerprint density at radius 1 is 1.31 bits per heavy atom. The standard InChI is InChI=1S/C21H25NO3S/c1-3-24-19-12-16-11-15(2)25-20(16)13-17(19)14-26-10-9-21(23)22-18-7-5-4-6-8-18/h4-8,12-13,15H,3,9-11,14H2,1-2H3,(H,22,23)/t15-/m0/s1. The van der Waals surface area contributed by atoms with E-state index in [0.29, 0.717) is 13.0 Å². The Morgan fingerprint density at radius 3 is 2.88 bits per heavy atom. The maximum absolute atomic E-state index is 12.0. The molecule has 0 unspecified atom stereocenters. The average Bonchev–Trinajstić information content (AvgIpc) is 2.98. The van der Waals surface area contributed by atoms with Crippen molar-refractivity contribution in [1.29, 1.82) is 0 Å². The quantitative estimate of drug-likeness (QED) is 0.685. The summed E-state index contributed by atoms with van der Waals surface area (Å²) in [5, 5.41) is 2.91. The number of amides is 1. The third kappa shape index (κ3) is 4.94. The van der Waals surface area contributed by atoms with Crippen LogP contribution in [0.25, 0.3) is 0 Å². The molecule has 0 saturated heterocycles. The van der Waals surface area contributed by atoms with Gasteiger partial charge in [0.2, 0.25) is 5.91 Å². The Bertz CT molecular complexity index is 748. The molecule has 1 aliphatic heterocycles. The minimum Gasteiger partial charge on any atom is -0.494 e. The van der Waals surface area contributed by atoms with Gasteiger partial charge in [0.1, 0.15) is 17.6 Å². The number of ether oxygens (including phenoxy) is 2. The predicted molar refractivity (Wildman–Crippen MR) is 107 cm³/mol. The largest absolute Gasteiger partial charge is 0.494 e. The zero-order valence-corrected chi connectivity index (χ0v) is 16.1. The Labute approximate surface area is 159 Å². The second-order valence-corrected chi connectivity index (χ2v) is 7.46. The molecule has 1 heterocycles. The lowest BCUT2D eigenvalue weighted by Crippen LogP contribution is -2.12. The summed E-state index contributed by atoms with van der Waals surface area (Å²) in [7, 11) is 0. The van der Waals surface area contributed by atoms with E-state index < -0.39 is 0 Å². The lowest BCUT2D eigenvalue weighted by molar-refractivity contribution is -0.115. The van der Waals surface area contributed by atoms with E-state index in [1.807, 2.05) is 37.3 Å². The molecule has 0 bridgehead atoms. The van der Waals surface area contributed by atoms with E-state index in [-0.39, 0.29) is 12.0 Å². The van der Waals surface area contributed by atoms with Gasteiger partial charge in [0.15, 0.2) is 0 Å². The Kier molecular flexibility index (Phi) is 6.45. The lowest BCUT2D eigenvalue weighted by Gasteiger charge is -2.12. The van der Waals surface area contributed by atoms with Crippen LogP contribution in [0.5, 0.6) is 11.5 Å². The van der Waals surface area contributed by atoms with Crippen molar-refractivity contribution in [3.63, 3.8) is 0 Å². The highest BCUT2D eigenvalue weighted by atomic mass is 32.2. The minimum atomic E-state index is 0.0415. The number of nitrogens with one attached hydrogen (secondary N) is 1. The fourth-order valence-corrected chi connectivity index (χ4v) is 3.90. The van der Waals surface area contributed by atoms with Gasteiger partial charge in [-0.05, 0) is 38.1 Å². The molecule has 2 aromatic rings. The van der Waals surface area contributed by atoms with E-state index in [0.717, 1.165) is 40.7 Å². The first-order valence-electron chi connectivity index (χ1n) is 9.03. The normalized spacial score (nSPS) is 15.2. The van der Waals surface area contributed by atoms with E-state index in [1.165, 1.54) is 5.56 Å². The number of anilines is 1. The average molecular weight is 372 g/mol. The molecule has 1 N–H and O–H groups in total. The third-order valence-electron chi connectivity index (χ3n) is 4.17. The fraction of sp³-hybridized carbons (Fsp3) is 0.381. The molecule has 0 fully saturated rings. The van der Waals surface area contributed by atoms with E-state index in [9.17, 15) is 4.79 Å². The maximum Gasteiger partial charge on any atom is 0.225 e. The molecular formula is C21H25NO3S. The van der Waals surface area contributed by atoms with Crippen molar-refractivity contribution in [3.8, 4) is 11.5 Å². The summed E-state index contributed by atoms with van der Waals surface area (Å²) in [5.74, 6) is 3.51. The molecule has 4 nitrogen and oxygen atoms in total. The fourth-order valence-electron chi connectivity index (χ4n) is 2.98. The lowest BCUT2D eigenvalue weighted by atomic mass is 10.1. The summed E-state index contributed by atoms with van der Waals surface area (Å²) in [6.07, 6.45) is 1.65. The Balaban J connectivity index is 1.51. The van der Waals surface area contributed by atoms with Crippen LogP contribution >= 0.6 is 11.8 Å². The van der Waals surface area contributed by atoms with Gasteiger partial charge in [0.25, 0.3) is 0 Å². The van der Waals surface area contributed by atoms with E-state index >= 15 is 0 Å². The van der Waals surface area contributed by atoms with Crippen LogP contribution in [0.4, 0.5) is 5.69 Å². The number of hydrogen-bond donors (Lipinski definition) is 1. The van der Waals surface area contributed by atoms with Crippen LogP contribution in [0.15, 0.2) is 42.5 Å². The maximum atomic E-state index is 12.0. The number of rotatable bonds is 8. The summed E-state index contributed by atoms with van der Waals surface area (Å²) < 4.78 is 11.7. The molecule has 2 aromatic carbocycles. The number of thioether (sulfide) groups is 1. The summed E-state index contributed by atoms with van der Waals surface area (Å²) in [6, 6.07) is 13.8. The molecule has 5 heteroatoms. The number of para-hydroxylation sites is 1. The highest BCUT2D eigenvalue weighted by molar-refractivity contribution is 7.98. The number of carbonyl (C=O) groups is 1. The van der Waals surface area contributed by atoms with Crippen LogP contribution in [0, 0.1) is 0 Å². The SMILES string of the molecule is CCOc1cc2c(cc1CSCCC(=O)Nc1ccccc1)O[C@@H](C)C2. The topological polar surface area (TPSA) is 47.6 Å². The Hall–Kier alpha value is -2.14. The van der Waals surface area contributed by atoms with Gasteiger partial charge in [0.05, 0.1) is 6.61 Å².